The highest BCUT2D eigenvalue weighted by Crippen LogP contribution is 2.25. The van der Waals surface area contributed by atoms with E-state index >= 15 is 0 Å². The summed E-state index contributed by atoms with van der Waals surface area (Å²) in [6.45, 7) is 3.63. The minimum atomic E-state index is 0.486. The van der Waals surface area contributed by atoms with Crippen LogP contribution in [0, 0.1) is 0 Å². The third-order valence-electron chi connectivity index (χ3n) is 2.42. The van der Waals surface area contributed by atoms with E-state index in [4.69, 9.17) is 14.9 Å². The number of nitrogens with two attached hydrogens (primary N) is 1. The summed E-state index contributed by atoms with van der Waals surface area (Å²) in [5, 5.41) is 1.09. The van der Waals surface area contributed by atoms with Gasteiger partial charge >= 0.3 is 0 Å². The summed E-state index contributed by atoms with van der Waals surface area (Å²) in [6.07, 6.45) is 0. The first-order valence-corrected chi connectivity index (χ1v) is 5.14. The number of fused-ring (bicyclic) bond motifs is 1. The van der Waals surface area contributed by atoms with Crippen molar-refractivity contribution in [2.75, 3.05) is 6.61 Å². The van der Waals surface area contributed by atoms with Crippen LogP contribution in [-0.2, 0) is 17.9 Å². The van der Waals surface area contributed by atoms with E-state index in [0.717, 1.165) is 22.3 Å². The first-order chi connectivity index (χ1) is 7.36. The lowest BCUT2D eigenvalue weighted by atomic mass is 10.1. The zero-order valence-corrected chi connectivity index (χ0v) is 8.82. The van der Waals surface area contributed by atoms with Crippen molar-refractivity contribution in [1.82, 2.24) is 0 Å². The quantitative estimate of drug-likeness (QED) is 0.833. The van der Waals surface area contributed by atoms with Gasteiger partial charge in [-0.3, -0.25) is 0 Å². The fraction of sp³-hybridized carbons (Fsp3) is 0.333. The Hall–Kier alpha value is -1.32. The lowest BCUT2D eigenvalue weighted by Crippen LogP contribution is -2.00. The Morgan fingerprint density at radius 1 is 1.33 bits per heavy atom. The molecule has 0 atom stereocenters. The number of hydrogen-bond donors (Lipinski definition) is 1. The van der Waals surface area contributed by atoms with Crippen LogP contribution in [0.25, 0.3) is 11.0 Å². The standard InChI is InChI=1S/C12H15NO2/c1-2-14-8-12-10(7-13)9-5-3-4-6-11(9)15-12/h3-6H,2,7-8,13H2,1H3. The van der Waals surface area contributed by atoms with E-state index < -0.39 is 0 Å². The van der Waals surface area contributed by atoms with Crippen LogP contribution in [-0.4, -0.2) is 6.61 Å². The van der Waals surface area contributed by atoms with Gasteiger partial charge in [0.15, 0.2) is 0 Å². The molecule has 3 heteroatoms. The largest absolute Gasteiger partial charge is 0.458 e. The topological polar surface area (TPSA) is 48.4 Å². The molecule has 1 aromatic heterocycles. The third-order valence-corrected chi connectivity index (χ3v) is 2.42. The molecule has 0 spiro atoms. The predicted octanol–water partition coefficient (Wildman–Crippen LogP) is 2.43. The molecule has 0 saturated carbocycles. The number of para-hydroxylation sites is 1. The van der Waals surface area contributed by atoms with Gasteiger partial charge in [-0.2, -0.15) is 0 Å². The Labute approximate surface area is 88.8 Å². The molecule has 0 unspecified atom stereocenters. The summed E-state index contributed by atoms with van der Waals surface area (Å²) < 4.78 is 11.0. The van der Waals surface area contributed by atoms with Crippen LogP contribution >= 0.6 is 0 Å². The highest BCUT2D eigenvalue weighted by molar-refractivity contribution is 5.82. The van der Waals surface area contributed by atoms with Crippen molar-refractivity contribution in [1.29, 1.82) is 0 Å². The maximum Gasteiger partial charge on any atom is 0.135 e. The van der Waals surface area contributed by atoms with Gasteiger partial charge in [-0.15, -0.1) is 0 Å². The molecule has 2 N–H and O–H groups in total. The first kappa shape index (κ1) is 10.2. The highest BCUT2D eigenvalue weighted by Gasteiger charge is 2.11. The van der Waals surface area contributed by atoms with Crippen LogP contribution in [0.3, 0.4) is 0 Å². The molecule has 2 rings (SSSR count). The molecule has 0 radical (unpaired) electrons. The van der Waals surface area contributed by atoms with Gasteiger partial charge < -0.3 is 14.9 Å². The molecule has 0 bridgehead atoms. The van der Waals surface area contributed by atoms with Crippen molar-refractivity contribution in [3.05, 3.63) is 35.6 Å². The number of rotatable bonds is 4. The Morgan fingerprint density at radius 3 is 2.87 bits per heavy atom. The number of hydrogen-bond acceptors (Lipinski definition) is 3. The Balaban J connectivity index is 2.44. The highest BCUT2D eigenvalue weighted by atomic mass is 16.5. The Bertz CT molecular complexity index is 448. The average Bonchev–Trinajstić information content (AvgIpc) is 2.63. The summed E-state index contributed by atoms with van der Waals surface area (Å²) >= 11 is 0. The van der Waals surface area contributed by atoms with Gasteiger partial charge in [-0.05, 0) is 13.0 Å². The summed E-state index contributed by atoms with van der Waals surface area (Å²) in [7, 11) is 0. The van der Waals surface area contributed by atoms with Crippen LogP contribution in [0.15, 0.2) is 28.7 Å². The lowest BCUT2D eigenvalue weighted by molar-refractivity contribution is 0.119. The van der Waals surface area contributed by atoms with Crippen LogP contribution in [0.1, 0.15) is 18.2 Å². The van der Waals surface area contributed by atoms with Crippen LogP contribution < -0.4 is 5.73 Å². The van der Waals surface area contributed by atoms with E-state index in [9.17, 15) is 0 Å². The van der Waals surface area contributed by atoms with E-state index in [0.29, 0.717) is 19.8 Å². The smallest absolute Gasteiger partial charge is 0.135 e. The second-order valence-corrected chi connectivity index (χ2v) is 3.34. The van der Waals surface area contributed by atoms with Crippen LogP contribution in [0.5, 0.6) is 0 Å². The predicted molar refractivity (Wildman–Crippen MR) is 59.4 cm³/mol. The molecule has 3 nitrogen and oxygen atoms in total. The number of furan rings is 1. The third kappa shape index (κ3) is 1.89. The molecule has 2 aromatic rings. The van der Waals surface area contributed by atoms with Gasteiger partial charge in [0.1, 0.15) is 18.0 Å². The van der Waals surface area contributed by atoms with Crippen molar-refractivity contribution in [3.8, 4) is 0 Å². The molecule has 80 valence electrons. The van der Waals surface area contributed by atoms with Gasteiger partial charge in [0, 0.05) is 24.1 Å². The van der Waals surface area contributed by atoms with Gasteiger partial charge in [0.2, 0.25) is 0 Å². The molecular formula is C12H15NO2. The van der Waals surface area contributed by atoms with E-state index in [1.807, 2.05) is 31.2 Å². The van der Waals surface area contributed by atoms with Crippen molar-refractivity contribution in [3.63, 3.8) is 0 Å². The molecule has 0 saturated heterocycles. The summed E-state index contributed by atoms with van der Waals surface area (Å²) in [4.78, 5) is 0. The van der Waals surface area contributed by atoms with E-state index in [1.54, 1.807) is 0 Å². The zero-order valence-electron chi connectivity index (χ0n) is 8.82. The fourth-order valence-corrected chi connectivity index (χ4v) is 1.68. The van der Waals surface area contributed by atoms with Gasteiger partial charge in [0.25, 0.3) is 0 Å². The van der Waals surface area contributed by atoms with Gasteiger partial charge in [-0.25, -0.2) is 0 Å². The molecular weight excluding hydrogens is 190 g/mol. The minimum absolute atomic E-state index is 0.486. The monoisotopic (exact) mass is 205 g/mol. The number of ether oxygens (including phenoxy) is 1. The van der Waals surface area contributed by atoms with E-state index in [-0.39, 0.29) is 0 Å². The SMILES string of the molecule is CCOCc1oc2ccccc2c1CN. The van der Waals surface area contributed by atoms with E-state index in [1.165, 1.54) is 0 Å². The summed E-state index contributed by atoms with van der Waals surface area (Å²) in [6, 6.07) is 7.92. The second-order valence-electron chi connectivity index (χ2n) is 3.34. The summed E-state index contributed by atoms with van der Waals surface area (Å²) in [5.41, 5.74) is 7.65. The number of benzene rings is 1. The van der Waals surface area contributed by atoms with Gasteiger partial charge in [-0.1, -0.05) is 18.2 Å². The lowest BCUT2D eigenvalue weighted by Gasteiger charge is -1.99. The first-order valence-electron chi connectivity index (χ1n) is 5.14. The van der Waals surface area contributed by atoms with Crippen molar-refractivity contribution < 1.29 is 9.15 Å². The van der Waals surface area contributed by atoms with Crippen molar-refractivity contribution >= 4 is 11.0 Å². The maximum absolute atomic E-state index is 5.72. The Morgan fingerprint density at radius 2 is 2.13 bits per heavy atom. The zero-order chi connectivity index (χ0) is 10.7. The minimum Gasteiger partial charge on any atom is -0.458 e. The molecule has 0 aliphatic heterocycles. The Kier molecular flexibility index (Phi) is 3.04. The van der Waals surface area contributed by atoms with E-state index in [2.05, 4.69) is 0 Å². The molecule has 1 aromatic carbocycles. The van der Waals surface area contributed by atoms with Crippen molar-refractivity contribution in [2.24, 2.45) is 5.73 Å². The molecule has 0 aliphatic carbocycles. The fourth-order valence-electron chi connectivity index (χ4n) is 1.68. The maximum atomic E-state index is 5.72. The summed E-state index contributed by atoms with van der Waals surface area (Å²) in [5.74, 6) is 0.848. The molecule has 1 heterocycles. The average molecular weight is 205 g/mol. The molecule has 0 amide bonds. The second kappa shape index (κ2) is 4.47. The van der Waals surface area contributed by atoms with Gasteiger partial charge in [0.05, 0.1) is 0 Å². The molecule has 15 heavy (non-hydrogen) atoms. The molecule has 0 aliphatic rings. The van der Waals surface area contributed by atoms with Crippen LogP contribution in [0.2, 0.25) is 0 Å². The van der Waals surface area contributed by atoms with Crippen molar-refractivity contribution in [2.45, 2.75) is 20.1 Å². The molecule has 0 fully saturated rings. The normalized spacial score (nSPS) is 11.1. The van der Waals surface area contributed by atoms with Crippen LogP contribution in [0.4, 0.5) is 0 Å².